The van der Waals surface area contributed by atoms with Gasteiger partial charge in [-0.25, -0.2) is 0 Å². The fraction of sp³-hybridized carbons (Fsp3) is 0.143. The first-order valence-electron chi connectivity index (χ1n) is 5.53. The molecule has 2 aromatic carbocycles. The van der Waals surface area contributed by atoms with Crippen molar-refractivity contribution in [3.05, 3.63) is 63.1 Å². The second-order valence-electron chi connectivity index (χ2n) is 4.26. The Kier molecular flexibility index (Phi) is 2.85. The van der Waals surface area contributed by atoms with Gasteiger partial charge in [0.15, 0.2) is 0 Å². The minimum atomic E-state index is 0.348. The summed E-state index contributed by atoms with van der Waals surface area (Å²) in [5.74, 6) is 0. The van der Waals surface area contributed by atoms with Gasteiger partial charge in [0.2, 0.25) is 0 Å². The van der Waals surface area contributed by atoms with Gasteiger partial charge in [-0.05, 0) is 47.9 Å². The van der Waals surface area contributed by atoms with Crippen molar-refractivity contribution < 1.29 is 0 Å². The van der Waals surface area contributed by atoms with E-state index in [1.54, 1.807) is 0 Å². The number of nitrogens with one attached hydrogen (secondary N) is 1. The van der Waals surface area contributed by atoms with Gasteiger partial charge in [-0.2, -0.15) is 0 Å². The normalized spacial score (nSPS) is 17.6. The van der Waals surface area contributed by atoms with E-state index in [-0.39, 0.29) is 0 Å². The second kappa shape index (κ2) is 4.35. The van der Waals surface area contributed by atoms with Crippen LogP contribution in [0, 0.1) is 0 Å². The minimum absolute atomic E-state index is 0.348. The van der Waals surface area contributed by atoms with Gasteiger partial charge in [-0.15, -0.1) is 0 Å². The van der Waals surface area contributed by atoms with Crippen LogP contribution in [-0.2, 0) is 6.42 Å². The summed E-state index contributed by atoms with van der Waals surface area (Å²) >= 11 is 9.51. The predicted octanol–water partition coefficient (Wildman–Crippen LogP) is 4.81. The molecule has 0 spiro atoms. The van der Waals surface area contributed by atoms with Gasteiger partial charge in [0.25, 0.3) is 0 Å². The molecule has 0 saturated heterocycles. The number of hydrogen-bond donors (Lipinski definition) is 1. The third-order valence-electron chi connectivity index (χ3n) is 3.07. The number of anilines is 1. The molecule has 0 radical (unpaired) electrons. The maximum absolute atomic E-state index is 6.01. The van der Waals surface area contributed by atoms with Gasteiger partial charge in [0.05, 0.1) is 6.04 Å². The highest BCUT2D eigenvalue weighted by Gasteiger charge is 2.21. The zero-order valence-corrected chi connectivity index (χ0v) is 11.4. The van der Waals surface area contributed by atoms with Crippen molar-refractivity contribution in [2.75, 3.05) is 5.32 Å². The molecule has 0 aliphatic carbocycles. The van der Waals surface area contributed by atoms with E-state index >= 15 is 0 Å². The van der Waals surface area contributed by atoms with Crippen LogP contribution in [0.25, 0.3) is 0 Å². The molecule has 1 aliphatic heterocycles. The largest absolute Gasteiger partial charge is 0.378 e. The van der Waals surface area contributed by atoms with Crippen LogP contribution >= 0.6 is 27.5 Å². The maximum Gasteiger partial charge on any atom is 0.0555 e. The second-order valence-corrected chi connectivity index (χ2v) is 5.61. The molecule has 1 unspecified atom stereocenters. The molecule has 0 saturated carbocycles. The number of benzene rings is 2. The molecule has 2 aromatic rings. The van der Waals surface area contributed by atoms with Crippen molar-refractivity contribution in [3.63, 3.8) is 0 Å². The van der Waals surface area contributed by atoms with Crippen LogP contribution < -0.4 is 5.32 Å². The van der Waals surface area contributed by atoms with Crippen LogP contribution in [0.5, 0.6) is 0 Å². The first-order valence-corrected chi connectivity index (χ1v) is 6.70. The fourth-order valence-electron chi connectivity index (χ4n) is 2.26. The standard InChI is InChI=1S/C14H11BrClN/c15-11-3-1-2-9(6-11)14-8-10-7-12(16)4-5-13(10)17-14/h1-7,14,17H,8H2. The highest BCUT2D eigenvalue weighted by Crippen LogP contribution is 2.36. The van der Waals surface area contributed by atoms with E-state index in [4.69, 9.17) is 11.6 Å². The third kappa shape index (κ3) is 2.20. The lowest BCUT2D eigenvalue weighted by Crippen LogP contribution is -2.05. The molecule has 1 nitrogen and oxygen atoms in total. The van der Waals surface area contributed by atoms with E-state index in [0.717, 1.165) is 15.9 Å². The monoisotopic (exact) mass is 307 g/mol. The van der Waals surface area contributed by atoms with Gasteiger partial charge < -0.3 is 5.32 Å². The Labute approximate surface area is 114 Å². The minimum Gasteiger partial charge on any atom is -0.378 e. The summed E-state index contributed by atoms with van der Waals surface area (Å²) in [5, 5.41) is 4.33. The van der Waals surface area contributed by atoms with E-state index in [1.807, 2.05) is 18.2 Å². The summed E-state index contributed by atoms with van der Waals surface area (Å²) in [5.41, 5.74) is 3.79. The maximum atomic E-state index is 6.01. The molecule has 3 rings (SSSR count). The summed E-state index contributed by atoms with van der Waals surface area (Å²) in [7, 11) is 0. The summed E-state index contributed by atoms with van der Waals surface area (Å²) in [6, 6.07) is 14.8. The topological polar surface area (TPSA) is 12.0 Å². The molecule has 1 heterocycles. The molecular formula is C14H11BrClN. The molecule has 86 valence electrons. The van der Waals surface area contributed by atoms with Crippen molar-refractivity contribution >= 4 is 33.2 Å². The van der Waals surface area contributed by atoms with E-state index in [1.165, 1.54) is 16.8 Å². The number of hydrogen-bond acceptors (Lipinski definition) is 1. The third-order valence-corrected chi connectivity index (χ3v) is 3.80. The highest BCUT2D eigenvalue weighted by molar-refractivity contribution is 9.10. The molecule has 17 heavy (non-hydrogen) atoms. The first-order chi connectivity index (χ1) is 8.22. The lowest BCUT2D eigenvalue weighted by Gasteiger charge is -2.11. The Bertz CT molecular complexity index is 568. The summed E-state index contributed by atoms with van der Waals surface area (Å²) in [4.78, 5) is 0. The van der Waals surface area contributed by atoms with E-state index < -0.39 is 0 Å². The fourth-order valence-corrected chi connectivity index (χ4v) is 2.87. The van der Waals surface area contributed by atoms with Crippen molar-refractivity contribution in [1.82, 2.24) is 0 Å². The molecule has 0 fully saturated rings. The predicted molar refractivity (Wildman–Crippen MR) is 75.7 cm³/mol. The summed E-state index contributed by atoms with van der Waals surface area (Å²) in [6.07, 6.45) is 0.992. The van der Waals surface area contributed by atoms with Gasteiger partial charge in [0.1, 0.15) is 0 Å². The summed E-state index contributed by atoms with van der Waals surface area (Å²) < 4.78 is 1.12. The van der Waals surface area contributed by atoms with E-state index in [9.17, 15) is 0 Å². The zero-order chi connectivity index (χ0) is 11.8. The SMILES string of the molecule is Clc1ccc2c(c1)CC(c1cccc(Br)c1)N2. The van der Waals surface area contributed by atoms with Gasteiger partial charge in [-0.3, -0.25) is 0 Å². The van der Waals surface area contributed by atoms with Crippen molar-refractivity contribution in [1.29, 1.82) is 0 Å². The van der Waals surface area contributed by atoms with Gasteiger partial charge in [-0.1, -0.05) is 39.7 Å². The smallest absolute Gasteiger partial charge is 0.0555 e. The Balaban J connectivity index is 1.91. The molecular weight excluding hydrogens is 298 g/mol. The molecule has 1 aliphatic rings. The summed E-state index contributed by atoms with van der Waals surface area (Å²) in [6.45, 7) is 0. The number of halogens is 2. The number of fused-ring (bicyclic) bond motifs is 1. The zero-order valence-electron chi connectivity index (χ0n) is 9.08. The van der Waals surface area contributed by atoms with Gasteiger partial charge in [0, 0.05) is 15.2 Å². The molecule has 0 amide bonds. The lowest BCUT2D eigenvalue weighted by atomic mass is 10.0. The van der Waals surface area contributed by atoms with Crippen molar-refractivity contribution in [2.45, 2.75) is 12.5 Å². The van der Waals surface area contributed by atoms with Gasteiger partial charge >= 0.3 is 0 Å². The molecule has 0 bridgehead atoms. The quantitative estimate of drug-likeness (QED) is 0.797. The van der Waals surface area contributed by atoms with E-state index in [2.05, 4.69) is 45.5 Å². The Morgan fingerprint density at radius 1 is 1.18 bits per heavy atom. The molecule has 0 aromatic heterocycles. The Morgan fingerprint density at radius 3 is 2.88 bits per heavy atom. The molecule has 1 atom stereocenters. The Morgan fingerprint density at radius 2 is 2.06 bits per heavy atom. The van der Waals surface area contributed by atoms with Crippen LogP contribution in [0.3, 0.4) is 0 Å². The van der Waals surface area contributed by atoms with Crippen LogP contribution in [0.2, 0.25) is 5.02 Å². The van der Waals surface area contributed by atoms with E-state index in [0.29, 0.717) is 6.04 Å². The van der Waals surface area contributed by atoms with Crippen LogP contribution in [-0.4, -0.2) is 0 Å². The number of rotatable bonds is 1. The van der Waals surface area contributed by atoms with Crippen LogP contribution in [0.1, 0.15) is 17.2 Å². The highest BCUT2D eigenvalue weighted by atomic mass is 79.9. The molecule has 3 heteroatoms. The van der Waals surface area contributed by atoms with Crippen molar-refractivity contribution in [2.24, 2.45) is 0 Å². The van der Waals surface area contributed by atoms with Crippen molar-refractivity contribution in [3.8, 4) is 0 Å². The lowest BCUT2D eigenvalue weighted by molar-refractivity contribution is 0.823. The average Bonchev–Trinajstić information content (AvgIpc) is 2.72. The average molecular weight is 309 g/mol. The molecule has 1 N–H and O–H groups in total. The van der Waals surface area contributed by atoms with Crippen LogP contribution in [0.15, 0.2) is 46.9 Å². The first kappa shape index (κ1) is 11.1. The van der Waals surface area contributed by atoms with Crippen LogP contribution in [0.4, 0.5) is 5.69 Å². The Hall–Kier alpha value is -0.990.